The van der Waals surface area contributed by atoms with Gasteiger partial charge in [0.05, 0.1) is 25.0 Å². The zero-order valence-electron chi connectivity index (χ0n) is 12.4. The molecule has 2 aliphatic heterocycles. The Morgan fingerprint density at radius 1 is 1.41 bits per heavy atom. The zero-order chi connectivity index (χ0) is 15.1. The van der Waals surface area contributed by atoms with Crippen LogP contribution in [-0.2, 0) is 9.47 Å². The average molecular weight is 302 g/mol. The fourth-order valence-electron chi connectivity index (χ4n) is 3.19. The number of anilines is 1. The molecule has 2 fully saturated rings. The normalized spacial score (nSPS) is 24.0. The first-order chi connectivity index (χ1) is 10.7. The van der Waals surface area contributed by atoms with Crippen LogP contribution in [0.1, 0.15) is 30.1 Å². The highest BCUT2D eigenvalue weighted by molar-refractivity contribution is 5.95. The monoisotopic (exact) mass is 302 g/mol. The van der Waals surface area contributed by atoms with Crippen LogP contribution in [0.3, 0.4) is 0 Å². The summed E-state index contributed by atoms with van der Waals surface area (Å²) in [6.07, 6.45) is 6.16. The molecule has 2 unspecified atom stereocenters. The van der Waals surface area contributed by atoms with Crippen molar-refractivity contribution in [2.75, 3.05) is 24.6 Å². The van der Waals surface area contributed by atoms with E-state index in [1.54, 1.807) is 11.4 Å². The molecule has 0 radical (unpaired) electrons. The minimum Gasteiger partial charge on any atom is -0.462 e. The smallest absolute Gasteiger partial charge is 0.343 e. The van der Waals surface area contributed by atoms with Gasteiger partial charge in [0.1, 0.15) is 11.4 Å². The van der Waals surface area contributed by atoms with Gasteiger partial charge >= 0.3 is 5.97 Å². The van der Waals surface area contributed by atoms with Crippen LogP contribution in [0, 0.1) is 0 Å². The molecule has 4 heterocycles. The van der Waals surface area contributed by atoms with E-state index in [0.717, 1.165) is 31.7 Å². The lowest BCUT2D eigenvalue weighted by atomic mass is 10.2. The van der Waals surface area contributed by atoms with Crippen LogP contribution in [-0.4, -0.2) is 52.5 Å². The molecule has 4 rings (SSSR count). The lowest BCUT2D eigenvalue weighted by Gasteiger charge is -2.32. The van der Waals surface area contributed by atoms with Crippen LogP contribution in [0.4, 0.5) is 5.82 Å². The summed E-state index contributed by atoms with van der Waals surface area (Å²) < 4.78 is 12.5. The van der Waals surface area contributed by atoms with E-state index in [1.807, 2.05) is 12.3 Å². The number of carbonyl (C=O) groups is 1. The van der Waals surface area contributed by atoms with Gasteiger partial charge in [0.2, 0.25) is 0 Å². The highest BCUT2D eigenvalue weighted by atomic mass is 16.5. The maximum atomic E-state index is 12.0. The first-order valence-corrected chi connectivity index (χ1v) is 7.66. The molecule has 7 nitrogen and oxygen atoms in total. The number of morpholine rings is 1. The first kappa shape index (κ1) is 13.5. The lowest BCUT2D eigenvalue weighted by molar-refractivity contribution is 0.0302. The van der Waals surface area contributed by atoms with E-state index in [2.05, 4.69) is 15.0 Å². The quantitative estimate of drug-likeness (QED) is 0.795. The van der Waals surface area contributed by atoms with Crippen LogP contribution in [0.2, 0.25) is 0 Å². The van der Waals surface area contributed by atoms with Crippen LogP contribution in [0.5, 0.6) is 0 Å². The Kier molecular flexibility index (Phi) is 3.22. The van der Waals surface area contributed by atoms with Gasteiger partial charge in [-0.25, -0.2) is 14.3 Å². The Labute approximate surface area is 127 Å². The summed E-state index contributed by atoms with van der Waals surface area (Å²) in [7, 11) is 0. The van der Waals surface area contributed by atoms with Crippen molar-refractivity contribution in [2.45, 2.75) is 32.0 Å². The summed E-state index contributed by atoms with van der Waals surface area (Å²) >= 11 is 0. The van der Waals surface area contributed by atoms with E-state index in [0.29, 0.717) is 30.0 Å². The van der Waals surface area contributed by atoms with E-state index >= 15 is 0 Å². The first-order valence-electron chi connectivity index (χ1n) is 7.66. The Morgan fingerprint density at radius 2 is 2.18 bits per heavy atom. The van der Waals surface area contributed by atoms with Crippen molar-refractivity contribution in [2.24, 2.45) is 0 Å². The molecule has 22 heavy (non-hydrogen) atoms. The van der Waals surface area contributed by atoms with Gasteiger partial charge in [0.15, 0.2) is 5.65 Å². The molecule has 7 heteroatoms. The molecule has 2 atom stereocenters. The summed E-state index contributed by atoms with van der Waals surface area (Å²) in [5, 5.41) is 4.16. The van der Waals surface area contributed by atoms with Crippen LogP contribution < -0.4 is 4.90 Å². The fraction of sp³-hybridized carbons (Fsp3) is 0.533. The van der Waals surface area contributed by atoms with E-state index in [4.69, 9.17) is 9.47 Å². The Balaban J connectivity index is 1.67. The predicted molar refractivity (Wildman–Crippen MR) is 79.1 cm³/mol. The van der Waals surface area contributed by atoms with E-state index < -0.39 is 0 Å². The van der Waals surface area contributed by atoms with E-state index in [-0.39, 0.29) is 5.97 Å². The molecule has 0 aromatic carbocycles. The topological polar surface area (TPSA) is 69.0 Å². The second-order valence-corrected chi connectivity index (χ2v) is 5.70. The maximum Gasteiger partial charge on any atom is 0.343 e. The van der Waals surface area contributed by atoms with Crippen LogP contribution >= 0.6 is 0 Å². The Bertz CT molecular complexity index is 702. The number of esters is 1. The number of hydrogen-bond acceptors (Lipinski definition) is 6. The SMILES string of the molecule is CCOC(=O)c1cnn2ccc(N3CC4CCC(C3)O4)nc12. The van der Waals surface area contributed by atoms with Crippen molar-refractivity contribution in [3.8, 4) is 0 Å². The van der Waals surface area contributed by atoms with Crippen molar-refractivity contribution < 1.29 is 14.3 Å². The number of carbonyl (C=O) groups excluding carboxylic acids is 1. The molecular weight excluding hydrogens is 284 g/mol. The molecular formula is C15H18N4O3. The number of hydrogen-bond donors (Lipinski definition) is 0. The number of fused-ring (bicyclic) bond motifs is 3. The third-order valence-corrected chi connectivity index (χ3v) is 4.22. The standard InChI is InChI=1S/C15H18N4O3/c1-2-21-15(20)12-7-16-19-6-5-13(17-14(12)19)18-8-10-3-4-11(9-18)22-10/h5-7,10-11H,2-4,8-9H2,1H3. The average Bonchev–Trinajstić information content (AvgIpc) is 3.10. The molecule has 2 aromatic heterocycles. The van der Waals surface area contributed by atoms with E-state index in [9.17, 15) is 4.79 Å². The summed E-state index contributed by atoms with van der Waals surface area (Å²) in [5.41, 5.74) is 0.940. The van der Waals surface area contributed by atoms with Crippen molar-refractivity contribution in [1.82, 2.24) is 14.6 Å². The molecule has 116 valence electrons. The molecule has 2 bridgehead atoms. The second-order valence-electron chi connectivity index (χ2n) is 5.70. The molecule has 0 aliphatic carbocycles. The zero-order valence-corrected chi connectivity index (χ0v) is 12.4. The van der Waals surface area contributed by atoms with Crippen molar-refractivity contribution in [3.05, 3.63) is 24.0 Å². The number of aromatic nitrogens is 3. The number of nitrogens with zero attached hydrogens (tertiary/aromatic N) is 4. The van der Waals surface area contributed by atoms with Gasteiger partial charge in [-0.3, -0.25) is 0 Å². The van der Waals surface area contributed by atoms with Crippen molar-refractivity contribution >= 4 is 17.4 Å². The summed E-state index contributed by atoms with van der Waals surface area (Å²) in [5.74, 6) is 0.475. The molecule has 2 aromatic rings. The van der Waals surface area contributed by atoms with Gasteiger partial charge < -0.3 is 14.4 Å². The minimum atomic E-state index is -0.385. The molecule has 0 N–H and O–H groups in total. The van der Waals surface area contributed by atoms with Gasteiger partial charge in [0.25, 0.3) is 0 Å². The Morgan fingerprint density at radius 3 is 2.91 bits per heavy atom. The second kappa shape index (κ2) is 5.24. The van der Waals surface area contributed by atoms with Gasteiger partial charge in [-0.1, -0.05) is 0 Å². The summed E-state index contributed by atoms with van der Waals surface area (Å²) in [4.78, 5) is 18.8. The van der Waals surface area contributed by atoms with Crippen molar-refractivity contribution in [1.29, 1.82) is 0 Å². The van der Waals surface area contributed by atoms with Gasteiger partial charge in [0, 0.05) is 19.3 Å². The van der Waals surface area contributed by atoms with Crippen molar-refractivity contribution in [3.63, 3.8) is 0 Å². The number of ether oxygens (including phenoxy) is 2. The summed E-state index contributed by atoms with van der Waals surface area (Å²) in [6.45, 7) is 3.82. The molecule has 2 aliphatic rings. The van der Waals surface area contributed by atoms with Gasteiger partial charge in [-0.15, -0.1) is 0 Å². The largest absolute Gasteiger partial charge is 0.462 e. The minimum absolute atomic E-state index is 0.297. The van der Waals surface area contributed by atoms with Crippen LogP contribution in [0.15, 0.2) is 18.5 Å². The van der Waals surface area contributed by atoms with Crippen LogP contribution in [0.25, 0.3) is 5.65 Å². The third-order valence-electron chi connectivity index (χ3n) is 4.22. The number of rotatable bonds is 3. The van der Waals surface area contributed by atoms with Gasteiger partial charge in [-0.2, -0.15) is 5.10 Å². The fourth-order valence-corrected chi connectivity index (χ4v) is 3.19. The van der Waals surface area contributed by atoms with Gasteiger partial charge in [-0.05, 0) is 25.8 Å². The molecule has 0 saturated carbocycles. The Hall–Kier alpha value is -2.15. The predicted octanol–water partition coefficient (Wildman–Crippen LogP) is 1.27. The maximum absolute atomic E-state index is 12.0. The highest BCUT2D eigenvalue weighted by Crippen LogP contribution is 2.29. The molecule has 0 spiro atoms. The van der Waals surface area contributed by atoms with E-state index in [1.165, 1.54) is 6.20 Å². The highest BCUT2D eigenvalue weighted by Gasteiger charge is 2.34. The summed E-state index contributed by atoms with van der Waals surface area (Å²) in [6, 6.07) is 1.93. The molecule has 0 amide bonds. The third kappa shape index (κ3) is 2.21. The lowest BCUT2D eigenvalue weighted by Crippen LogP contribution is -2.43. The molecule has 2 saturated heterocycles.